The third-order valence-electron chi connectivity index (χ3n) is 3.32. The molecule has 0 aliphatic rings. The highest BCUT2D eigenvalue weighted by Gasteiger charge is 2.18. The van der Waals surface area contributed by atoms with Crippen molar-refractivity contribution in [2.45, 2.75) is 18.9 Å². The van der Waals surface area contributed by atoms with Crippen LogP contribution in [0.3, 0.4) is 0 Å². The second-order valence-electron chi connectivity index (χ2n) is 4.62. The van der Waals surface area contributed by atoms with Crippen molar-refractivity contribution in [1.29, 1.82) is 0 Å². The Bertz CT molecular complexity index is 426. The smallest absolute Gasteiger partial charge is 0.164 e. The molecule has 0 radical (unpaired) electrons. The molecule has 1 rings (SSSR count). The number of ether oxygens (including phenoxy) is 3. The van der Waals surface area contributed by atoms with Gasteiger partial charge in [0, 0.05) is 30.8 Å². The summed E-state index contributed by atoms with van der Waals surface area (Å²) >= 11 is 0. The van der Waals surface area contributed by atoms with Crippen LogP contribution >= 0.6 is 0 Å². The number of aliphatic hydroxyl groups is 1. The van der Waals surface area contributed by atoms with Crippen LogP contribution in [0.15, 0.2) is 12.1 Å². The van der Waals surface area contributed by atoms with E-state index in [9.17, 15) is 0 Å². The van der Waals surface area contributed by atoms with Crippen LogP contribution in [0.4, 0.5) is 0 Å². The van der Waals surface area contributed by atoms with Crippen molar-refractivity contribution in [1.82, 2.24) is 5.32 Å². The number of hydrogen-bond donors (Lipinski definition) is 3. The zero-order chi connectivity index (χ0) is 15.7. The third-order valence-corrected chi connectivity index (χ3v) is 3.32. The molecule has 120 valence electrons. The van der Waals surface area contributed by atoms with Gasteiger partial charge in [0.15, 0.2) is 11.5 Å². The zero-order valence-electron chi connectivity index (χ0n) is 13.0. The van der Waals surface area contributed by atoms with E-state index in [1.807, 2.05) is 6.07 Å². The quantitative estimate of drug-likeness (QED) is 0.560. The monoisotopic (exact) mass is 298 g/mol. The second kappa shape index (κ2) is 9.44. The van der Waals surface area contributed by atoms with Crippen LogP contribution in [0.25, 0.3) is 0 Å². The van der Waals surface area contributed by atoms with Crippen LogP contribution < -0.4 is 25.3 Å². The van der Waals surface area contributed by atoms with E-state index in [1.54, 1.807) is 27.4 Å². The van der Waals surface area contributed by atoms with Crippen LogP contribution in [0.1, 0.15) is 24.4 Å². The van der Waals surface area contributed by atoms with E-state index in [4.69, 9.17) is 25.1 Å². The van der Waals surface area contributed by atoms with Gasteiger partial charge in [0.25, 0.3) is 0 Å². The number of nitrogens with one attached hydrogen (secondary N) is 1. The number of unbranched alkanes of at least 4 members (excludes halogenated alkanes) is 1. The molecule has 6 nitrogen and oxygen atoms in total. The lowest BCUT2D eigenvalue weighted by molar-refractivity contribution is 0.282. The molecule has 0 saturated heterocycles. The van der Waals surface area contributed by atoms with Gasteiger partial charge >= 0.3 is 0 Å². The number of hydrogen-bond acceptors (Lipinski definition) is 6. The summed E-state index contributed by atoms with van der Waals surface area (Å²) in [4.78, 5) is 0. The van der Waals surface area contributed by atoms with E-state index in [0.29, 0.717) is 23.8 Å². The Hall–Kier alpha value is -1.50. The van der Waals surface area contributed by atoms with E-state index >= 15 is 0 Å². The van der Waals surface area contributed by atoms with Crippen molar-refractivity contribution in [3.8, 4) is 17.2 Å². The SMILES string of the molecule is COc1cc(OC)c(C(CN)NCCCCO)cc1OC. The highest BCUT2D eigenvalue weighted by molar-refractivity contribution is 5.52. The molecule has 0 amide bonds. The summed E-state index contributed by atoms with van der Waals surface area (Å²) in [5.41, 5.74) is 6.80. The second-order valence-corrected chi connectivity index (χ2v) is 4.62. The minimum Gasteiger partial charge on any atom is -0.496 e. The van der Waals surface area contributed by atoms with Crippen molar-refractivity contribution >= 4 is 0 Å². The fraction of sp³-hybridized carbons (Fsp3) is 0.600. The molecule has 21 heavy (non-hydrogen) atoms. The molecular weight excluding hydrogens is 272 g/mol. The highest BCUT2D eigenvalue weighted by atomic mass is 16.5. The molecule has 0 bridgehead atoms. The van der Waals surface area contributed by atoms with Gasteiger partial charge in [-0.05, 0) is 25.5 Å². The molecule has 0 aliphatic heterocycles. The number of rotatable bonds is 10. The molecule has 1 aromatic rings. The summed E-state index contributed by atoms with van der Waals surface area (Å²) < 4.78 is 16.0. The van der Waals surface area contributed by atoms with E-state index in [0.717, 1.165) is 24.9 Å². The lowest BCUT2D eigenvalue weighted by Gasteiger charge is -2.21. The van der Waals surface area contributed by atoms with Gasteiger partial charge in [-0.15, -0.1) is 0 Å². The van der Waals surface area contributed by atoms with Crippen molar-refractivity contribution in [3.63, 3.8) is 0 Å². The summed E-state index contributed by atoms with van der Waals surface area (Å²) in [5.74, 6) is 1.97. The number of nitrogens with two attached hydrogens (primary N) is 1. The summed E-state index contributed by atoms with van der Waals surface area (Å²) in [6, 6.07) is 3.64. The summed E-state index contributed by atoms with van der Waals surface area (Å²) in [7, 11) is 4.80. The number of methoxy groups -OCH3 is 3. The molecule has 6 heteroatoms. The fourth-order valence-electron chi connectivity index (χ4n) is 2.16. The van der Waals surface area contributed by atoms with Gasteiger partial charge in [-0.1, -0.05) is 0 Å². The molecule has 0 heterocycles. The van der Waals surface area contributed by atoms with E-state index < -0.39 is 0 Å². The highest BCUT2D eigenvalue weighted by Crippen LogP contribution is 2.37. The molecule has 0 aliphatic carbocycles. The maximum absolute atomic E-state index is 8.81. The molecule has 4 N–H and O–H groups in total. The third kappa shape index (κ3) is 4.77. The van der Waals surface area contributed by atoms with E-state index in [1.165, 1.54) is 0 Å². The van der Waals surface area contributed by atoms with Gasteiger partial charge in [0.05, 0.1) is 21.3 Å². The molecular formula is C15H26N2O4. The first-order chi connectivity index (χ1) is 10.2. The summed E-state index contributed by atoms with van der Waals surface area (Å²) in [6.07, 6.45) is 1.66. The normalized spacial score (nSPS) is 12.0. The minimum absolute atomic E-state index is 0.0431. The fourth-order valence-corrected chi connectivity index (χ4v) is 2.16. The molecule has 1 unspecified atom stereocenters. The Labute approximate surface area is 126 Å². The van der Waals surface area contributed by atoms with Crippen LogP contribution in [0.5, 0.6) is 17.2 Å². The van der Waals surface area contributed by atoms with Crippen LogP contribution in [-0.4, -0.2) is 46.1 Å². The molecule has 0 saturated carbocycles. The average molecular weight is 298 g/mol. The van der Waals surface area contributed by atoms with Crippen molar-refractivity contribution in [3.05, 3.63) is 17.7 Å². The van der Waals surface area contributed by atoms with E-state index in [2.05, 4.69) is 5.32 Å². The van der Waals surface area contributed by atoms with Crippen LogP contribution in [0, 0.1) is 0 Å². The van der Waals surface area contributed by atoms with Gasteiger partial charge < -0.3 is 30.4 Å². The number of benzene rings is 1. The van der Waals surface area contributed by atoms with Crippen molar-refractivity contribution in [2.75, 3.05) is 41.0 Å². The predicted octanol–water partition coefficient (Wildman–Crippen LogP) is 1.07. The molecule has 0 spiro atoms. The molecule has 0 aromatic heterocycles. The van der Waals surface area contributed by atoms with E-state index in [-0.39, 0.29) is 12.6 Å². The first kappa shape index (κ1) is 17.6. The first-order valence-electron chi connectivity index (χ1n) is 7.06. The lowest BCUT2D eigenvalue weighted by atomic mass is 10.0. The van der Waals surface area contributed by atoms with Gasteiger partial charge in [-0.2, -0.15) is 0 Å². The van der Waals surface area contributed by atoms with Gasteiger partial charge in [0.1, 0.15) is 5.75 Å². The zero-order valence-corrected chi connectivity index (χ0v) is 13.0. The minimum atomic E-state index is -0.0431. The average Bonchev–Trinajstić information content (AvgIpc) is 2.53. The molecule has 0 fully saturated rings. The number of aliphatic hydroxyl groups excluding tert-OH is 1. The van der Waals surface area contributed by atoms with Gasteiger partial charge in [0.2, 0.25) is 0 Å². The predicted molar refractivity (Wildman–Crippen MR) is 82.2 cm³/mol. The Morgan fingerprint density at radius 1 is 1.05 bits per heavy atom. The molecule has 1 aromatic carbocycles. The van der Waals surface area contributed by atoms with Crippen LogP contribution in [0.2, 0.25) is 0 Å². The Kier molecular flexibility index (Phi) is 7.89. The summed E-state index contributed by atoms with van der Waals surface area (Å²) in [5, 5.41) is 12.2. The summed E-state index contributed by atoms with van der Waals surface area (Å²) in [6.45, 7) is 1.42. The maximum Gasteiger partial charge on any atom is 0.164 e. The molecule has 1 atom stereocenters. The topological polar surface area (TPSA) is 86.0 Å². The first-order valence-corrected chi connectivity index (χ1v) is 7.06. The Morgan fingerprint density at radius 2 is 1.67 bits per heavy atom. The standard InChI is InChI=1S/C15H26N2O4/c1-19-13-9-15(21-3)14(20-2)8-11(13)12(10-16)17-6-4-5-7-18/h8-9,12,17-18H,4-7,10,16H2,1-3H3. The van der Waals surface area contributed by atoms with Gasteiger partial charge in [-0.25, -0.2) is 0 Å². The van der Waals surface area contributed by atoms with Crippen molar-refractivity contribution in [2.24, 2.45) is 5.73 Å². The maximum atomic E-state index is 8.81. The van der Waals surface area contributed by atoms with Gasteiger partial charge in [-0.3, -0.25) is 0 Å². The lowest BCUT2D eigenvalue weighted by Crippen LogP contribution is -2.29. The Balaban J connectivity index is 2.95. The van der Waals surface area contributed by atoms with Crippen LogP contribution in [-0.2, 0) is 0 Å². The largest absolute Gasteiger partial charge is 0.496 e. The van der Waals surface area contributed by atoms with Crippen molar-refractivity contribution < 1.29 is 19.3 Å². The Morgan fingerprint density at radius 3 is 2.19 bits per heavy atom.